The number of rotatable bonds is 5. The zero-order valence-electron chi connectivity index (χ0n) is 11.1. The Morgan fingerprint density at radius 2 is 2.00 bits per heavy atom. The number of nitrogens with one attached hydrogen (secondary N) is 2. The van der Waals surface area contributed by atoms with Crippen LogP contribution in [-0.2, 0) is 10.0 Å². The van der Waals surface area contributed by atoms with Gasteiger partial charge in [-0.05, 0) is 30.7 Å². The second-order valence-electron chi connectivity index (χ2n) is 4.27. The summed E-state index contributed by atoms with van der Waals surface area (Å²) in [6.45, 7) is 1.73. The van der Waals surface area contributed by atoms with E-state index in [1.54, 1.807) is 31.5 Å². The van der Waals surface area contributed by atoms with Gasteiger partial charge in [0.25, 0.3) is 0 Å². The highest BCUT2D eigenvalue weighted by molar-refractivity contribution is 7.89. The molecular weight excluding hydrogens is 314 g/mol. The number of sulfonamides is 1. The fourth-order valence-corrected chi connectivity index (χ4v) is 3.18. The highest BCUT2D eigenvalue weighted by atomic mass is 35.5. The lowest BCUT2D eigenvalue weighted by molar-refractivity contribution is 0.566. The van der Waals surface area contributed by atoms with Crippen LogP contribution in [0.4, 0.5) is 5.82 Å². The van der Waals surface area contributed by atoms with Gasteiger partial charge in [0.05, 0.1) is 5.02 Å². The van der Waals surface area contributed by atoms with Crippen molar-refractivity contribution in [3.63, 3.8) is 0 Å². The Kier molecular flexibility index (Phi) is 4.73. The van der Waals surface area contributed by atoms with E-state index >= 15 is 0 Å². The zero-order chi connectivity index (χ0) is 15.5. The normalized spacial score (nSPS) is 12.9. The summed E-state index contributed by atoms with van der Waals surface area (Å²) in [5, 5.41) is 0.122. The van der Waals surface area contributed by atoms with Gasteiger partial charge in [-0.15, -0.1) is 0 Å². The molecule has 0 radical (unpaired) electrons. The third kappa shape index (κ3) is 3.67. The van der Waals surface area contributed by atoms with Crippen molar-refractivity contribution in [2.45, 2.75) is 17.9 Å². The molecule has 0 fully saturated rings. The lowest BCUT2D eigenvalue weighted by atomic mass is 10.1. The zero-order valence-corrected chi connectivity index (χ0v) is 12.7. The van der Waals surface area contributed by atoms with E-state index in [4.69, 9.17) is 17.4 Å². The molecule has 9 heteroatoms. The van der Waals surface area contributed by atoms with Crippen LogP contribution in [0.1, 0.15) is 18.5 Å². The minimum atomic E-state index is -3.74. The minimum absolute atomic E-state index is 0.0348. The number of hydrazine groups is 1. The lowest BCUT2D eigenvalue weighted by Gasteiger charge is -2.14. The predicted octanol–water partition coefficient (Wildman–Crippen LogP) is 1.46. The third-order valence-corrected chi connectivity index (χ3v) is 4.60. The Labute approximate surface area is 127 Å². The van der Waals surface area contributed by atoms with Crippen molar-refractivity contribution in [2.24, 2.45) is 5.84 Å². The summed E-state index contributed by atoms with van der Waals surface area (Å²) in [6.07, 6.45) is 4.38. The number of nitrogens with two attached hydrogens (primary N) is 1. The summed E-state index contributed by atoms with van der Waals surface area (Å²) in [5.41, 5.74) is 3.07. The van der Waals surface area contributed by atoms with E-state index in [0.717, 1.165) is 5.56 Å². The number of nitrogens with zero attached hydrogens (tertiary/aromatic N) is 2. The van der Waals surface area contributed by atoms with E-state index in [1.165, 1.54) is 12.3 Å². The van der Waals surface area contributed by atoms with Gasteiger partial charge in [-0.25, -0.2) is 24.0 Å². The van der Waals surface area contributed by atoms with Crippen molar-refractivity contribution < 1.29 is 8.42 Å². The highest BCUT2D eigenvalue weighted by Gasteiger charge is 2.20. The Morgan fingerprint density at radius 3 is 2.57 bits per heavy atom. The fourth-order valence-electron chi connectivity index (χ4n) is 1.69. The van der Waals surface area contributed by atoms with Crippen molar-refractivity contribution >= 4 is 27.4 Å². The van der Waals surface area contributed by atoms with Gasteiger partial charge in [0.15, 0.2) is 5.82 Å². The van der Waals surface area contributed by atoms with Crippen LogP contribution in [0.15, 0.2) is 41.7 Å². The number of anilines is 1. The van der Waals surface area contributed by atoms with Crippen LogP contribution in [-0.4, -0.2) is 18.4 Å². The molecule has 0 aliphatic carbocycles. The largest absolute Gasteiger partial charge is 0.307 e. The van der Waals surface area contributed by atoms with Crippen LogP contribution >= 0.6 is 11.6 Å². The molecule has 0 bridgehead atoms. The Morgan fingerprint density at radius 1 is 1.33 bits per heavy atom. The Bertz CT molecular complexity index is 724. The summed E-state index contributed by atoms with van der Waals surface area (Å²) in [7, 11) is -3.74. The summed E-state index contributed by atoms with van der Waals surface area (Å²) < 4.78 is 27.1. The van der Waals surface area contributed by atoms with Crippen molar-refractivity contribution in [2.75, 3.05) is 5.43 Å². The molecule has 2 heterocycles. The van der Waals surface area contributed by atoms with E-state index in [-0.39, 0.29) is 15.7 Å². The molecule has 0 aliphatic heterocycles. The first-order valence-electron chi connectivity index (χ1n) is 5.98. The van der Waals surface area contributed by atoms with E-state index in [2.05, 4.69) is 20.1 Å². The molecular formula is C12H14ClN5O2S. The quantitative estimate of drug-likeness (QED) is 0.566. The SMILES string of the molecule is CC(NS(=O)(=O)c1cnc(NN)c(Cl)c1)c1ccncc1. The standard InChI is InChI=1S/C12H14ClN5O2S/c1-8(9-2-4-15-5-3-9)18-21(19,20)10-6-11(13)12(17-14)16-7-10/h2-8,18H,14H2,1H3,(H,16,17). The van der Waals surface area contributed by atoms with Gasteiger partial charge in [-0.2, -0.15) is 0 Å². The molecule has 7 nitrogen and oxygen atoms in total. The number of hydrogen-bond acceptors (Lipinski definition) is 6. The maximum atomic E-state index is 12.3. The Hall–Kier alpha value is -1.74. The van der Waals surface area contributed by atoms with Crippen molar-refractivity contribution in [3.8, 4) is 0 Å². The number of pyridine rings is 2. The lowest BCUT2D eigenvalue weighted by Crippen LogP contribution is -2.27. The number of nitrogen functional groups attached to an aromatic ring is 1. The fraction of sp³-hybridized carbons (Fsp3) is 0.167. The van der Waals surface area contributed by atoms with Gasteiger partial charge in [0.2, 0.25) is 10.0 Å². The van der Waals surface area contributed by atoms with Crippen molar-refractivity contribution in [1.29, 1.82) is 0 Å². The van der Waals surface area contributed by atoms with E-state index in [0.29, 0.717) is 0 Å². The van der Waals surface area contributed by atoms with Crippen LogP contribution < -0.4 is 16.0 Å². The van der Waals surface area contributed by atoms with Crippen LogP contribution in [0.25, 0.3) is 0 Å². The summed E-state index contributed by atoms with van der Waals surface area (Å²) in [4.78, 5) is 7.70. The third-order valence-electron chi connectivity index (χ3n) is 2.80. The summed E-state index contributed by atoms with van der Waals surface area (Å²) in [5.74, 6) is 5.40. The first-order chi connectivity index (χ1) is 9.94. The predicted molar refractivity (Wildman–Crippen MR) is 80.0 cm³/mol. The first kappa shape index (κ1) is 15.6. The number of halogens is 1. The summed E-state index contributed by atoms with van der Waals surface area (Å²) in [6, 6.07) is 4.34. The molecule has 21 heavy (non-hydrogen) atoms. The molecule has 1 atom stereocenters. The molecule has 0 saturated carbocycles. The Balaban J connectivity index is 2.24. The van der Waals surface area contributed by atoms with Gasteiger partial charge in [-0.1, -0.05) is 11.6 Å². The topological polar surface area (TPSA) is 110 Å². The maximum absolute atomic E-state index is 12.3. The molecule has 2 aromatic heterocycles. The van der Waals surface area contributed by atoms with E-state index in [9.17, 15) is 8.42 Å². The molecule has 1 unspecified atom stereocenters. The second-order valence-corrected chi connectivity index (χ2v) is 6.39. The molecule has 0 aromatic carbocycles. The van der Waals surface area contributed by atoms with Gasteiger partial charge < -0.3 is 5.43 Å². The van der Waals surface area contributed by atoms with E-state index < -0.39 is 16.1 Å². The average Bonchev–Trinajstić information content (AvgIpc) is 2.47. The monoisotopic (exact) mass is 327 g/mol. The number of hydrogen-bond donors (Lipinski definition) is 3. The molecule has 0 aliphatic rings. The molecule has 0 spiro atoms. The van der Waals surface area contributed by atoms with Gasteiger partial charge in [0.1, 0.15) is 4.90 Å². The highest BCUT2D eigenvalue weighted by Crippen LogP contribution is 2.23. The molecule has 2 aromatic rings. The van der Waals surface area contributed by atoms with Gasteiger partial charge >= 0.3 is 0 Å². The van der Waals surface area contributed by atoms with Crippen molar-refractivity contribution in [1.82, 2.24) is 14.7 Å². The second kappa shape index (κ2) is 6.35. The minimum Gasteiger partial charge on any atom is -0.307 e. The van der Waals surface area contributed by atoms with Crippen LogP contribution in [0.2, 0.25) is 5.02 Å². The average molecular weight is 328 g/mol. The van der Waals surface area contributed by atoms with E-state index in [1.807, 2.05) is 0 Å². The van der Waals surface area contributed by atoms with Gasteiger partial charge in [0, 0.05) is 24.6 Å². The van der Waals surface area contributed by atoms with Crippen LogP contribution in [0, 0.1) is 0 Å². The first-order valence-corrected chi connectivity index (χ1v) is 7.84. The maximum Gasteiger partial charge on any atom is 0.242 e. The van der Waals surface area contributed by atoms with Crippen molar-refractivity contribution in [3.05, 3.63) is 47.4 Å². The molecule has 0 saturated heterocycles. The molecule has 112 valence electrons. The smallest absolute Gasteiger partial charge is 0.242 e. The number of aromatic nitrogens is 2. The van der Waals surface area contributed by atoms with Crippen LogP contribution in [0.5, 0.6) is 0 Å². The van der Waals surface area contributed by atoms with Gasteiger partial charge in [-0.3, -0.25) is 4.98 Å². The van der Waals surface area contributed by atoms with Crippen LogP contribution in [0.3, 0.4) is 0 Å². The molecule has 2 rings (SSSR count). The summed E-state index contributed by atoms with van der Waals surface area (Å²) >= 11 is 5.88. The molecule has 4 N–H and O–H groups in total. The molecule has 0 amide bonds.